The number of aliphatic hydroxyl groups is 1. The molecule has 1 fully saturated rings. The Balaban J connectivity index is 2.12. The molecule has 1 aliphatic carbocycles. The Kier molecular flexibility index (Phi) is 5.35. The van der Waals surface area contributed by atoms with Gasteiger partial charge in [-0.1, -0.05) is 0 Å². The zero-order chi connectivity index (χ0) is 15.9. The highest BCUT2D eigenvalue weighted by Gasteiger charge is 2.19. The van der Waals surface area contributed by atoms with Gasteiger partial charge in [0.1, 0.15) is 23.5 Å². The standard InChI is InChI=1S/C16H17FN4O/c17-12-1-6-15(21-13-2-4-14(22)5-3-13)16(7-12)20-10-11(8-18)9-19/h1,6-7,10,13-14,20-22H,2-5H2. The van der Waals surface area contributed by atoms with Gasteiger partial charge in [0.05, 0.1) is 17.5 Å². The number of halogens is 1. The molecule has 1 aromatic rings. The van der Waals surface area contributed by atoms with E-state index in [2.05, 4.69) is 10.6 Å². The molecule has 0 saturated heterocycles. The highest BCUT2D eigenvalue weighted by Crippen LogP contribution is 2.28. The van der Waals surface area contributed by atoms with Gasteiger partial charge in [0.2, 0.25) is 0 Å². The van der Waals surface area contributed by atoms with Gasteiger partial charge in [-0.15, -0.1) is 0 Å². The van der Waals surface area contributed by atoms with Gasteiger partial charge < -0.3 is 15.7 Å². The van der Waals surface area contributed by atoms with Crippen LogP contribution in [0, 0.1) is 28.5 Å². The molecule has 0 aromatic heterocycles. The maximum absolute atomic E-state index is 13.4. The van der Waals surface area contributed by atoms with Crippen LogP contribution >= 0.6 is 0 Å². The van der Waals surface area contributed by atoms with Gasteiger partial charge in [-0.3, -0.25) is 0 Å². The van der Waals surface area contributed by atoms with E-state index in [9.17, 15) is 9.50 Å². The highest BCUT2D eigenvalue weighted by atomic mass is 19.1. The molecule has 0 aliphatic heterocycles. The molecule has 0 bridgehead atoms. The van der Waals surface area contributed by atoms with Crippen LogP contribution < -0.4 is 10.6 Å². The van der Waals surface area contributed by atoms with Crippen molar-refractivity contribution in [3.63, 3.8) is 0 Å². The molecule has 22 heavy (non-hydrogen) atoms. The fraction of sp³-hybridized carbons (Fsp3) is 0.375. The predicted molar refractivity (Wildman–Crippen MR) is 81.2 cm³/mol. The van der Waals surface area contributed by atoms with Gasteiger partial charge in [-0.05, 0) is 43.9 Å². The van der Waals surface area contributed by atoms with Crippen molar-refractivity contribution < 1.29 is 9.50 Å². The molecule has 1 aromatic carbocycles. The molecule has 0 atom stereocenters. The molecule has 0 heterocycles. The molecule has 114 valence electrons. The highest BCUT2D eigenvalue weighted by molar-refractivity contribution is 5.70. The van der Waals surface area contributed by atoms with Crippen LogP contribution in [0.25, 0.3) is 0 Å². The monoisotopic (exact) mass is 300 g/mol. The van der Waals surface area contributed by atoms with E-state index in [0.29, 0.717) is 11.4 Å². The van der Waals surface area contributed by atoms with Crippen molar-refractivity contribution in [1.82, 2.24) is 0 Å². The normalized spacial score (nSPS) is 20.4. The molecule has 1 aliphatic rings. The molecular weight excluding hydrogens is 283 g/mol. The van der Waals surface area contributed by atoms with Crippen LogP contribution in [0.2, 0.25) is 0 Å². The first-order chi connectivity index (χ1) is 10.6. The van der Waals surface area contributed by atoms with E-state index in [1.54, 1.807) is 18.2 Å². The first kappa shape index (κ1) is 15.8. The second kappa shape index (κ2) is 7.44. The first-order valence-electron chi connectivity index (χ1n) is 7.13. The van der Waals surface area contributed by atoms with Crippen LogP contribution in [-0.4, -0.2) is 17.3 Å². The molecule has 5 nitrogen and oxygen atoms in total. The maximum Gasteiger partial charge on any atom is 0.145 e. The molecule has 1 saturated carbocycles. The molecule has 0 unspecified atom stereocenters. The lowest BCUT2D eigenvalue weighted by molar-refractivity contribution is 0.126. The van der Waals surface area contributed by atoms with E-state index in [0.717, 1.165) is 25.7 Å². The average Bonchev–Trinajstić information content (AvgIpc) is 2.53. The lowest BCUT2D eigenvalue weighted by Gasteiger charge is -2.27. The van der Waals surface area contributed by atoms with E-state index >= 15 is 0 Å². The van der Waals surface area contributed by atoms with Crippen LogP contribution in [0.3, 0.4) is 0 Å². The zero-order valence-corrected chi connectivity index (χ0v) is 12.0. The number of nitriles is 2. The number of hydrogen-bond acceptors (Lipinski definition) is 5. The number of hydrogen-bond donors (Lipinski definition) is 3. The van der Waals surface area contributed by atoms with Crippen molar-refractivity contribution in [2.45, 2.75) is 37.8 Å². The Morgan fingerprint density at radius 1 is 1.18 bits per heavy atom. The minimum atomic E-state index is -0.406. The molecule has 6 heteroatoms. The van der Waals surface area contributed by atoms with Crippen molar-refractivity contribution in [2.75, 3.05) is 10.6 Å². The third-order valence-electron chi connectivity index (χ3n) is 3.65. The van der Waals surface area contributed by atoms with Gasteiger partial charge in [-0.25, -0.2) is 4.39 Å². The van der Waals surface area contributed by atoms with Crippen LogP contribution in [-0.2, 0) is 0 Å². The summed E-state index contributed by atoms with van der Waals surface area (Å²) in [4.78, 5) is 0. The van der Waals surface area contributed by atoms with E-state index < -0.39 is 5.82 Å². The third-order valence-corrected chi connectivity index (χ3v) is 3.65. The lowest BCUT2D eigenvalue weighted by Crippen LogP contribution is -2.28. The van der Waals surface area contributed by atoms with Gasteiger partial charge in [0.15, 0.2) is 0 Å². The molecule has 2 rings (SSSR count). The number of allylic oxidation sites excluding steroid dienone is 1. The van der Waals surface area contributed by atoms with E-state index in [-0.39, 0.29) is 17.7 Å². The number of nitrogens with zero attached hydrogens (tertiary/aromatic N) is 2. The minimum absolute atomic E-state index is 0.0870. The Bertz CT molecular complexity index is 621. The fourth-order valence-corrected chi connectivity index (χ4v) is 2.44. The summed E-state index contributed by atoms with van der Waals surface area (Å²) in [7, 11) is 0. The largest absolute Gasteiger partial charge is 0.393 e. The summed E-state index contributed by atoms with van der Waals surface area (Å²) in [5.41, 5.74) is 1.08. The molecule has 0 amide bonds. The number of benzene rings is 1. The summed E-state index contributed by atoms with van der Waals surface area (Å²) in [6.07, 6.45) is 4.19. The molecule has 0 radical (unpaired) electrons. The topological polar surface area (TPSA) is 91.9 Å². The minimum Gasteiger partial charge on any atom is -0.393 e. The smallest absolute Gasteiger partial charge is 0.145 e. The molecule has 0 spiro atoms. The van der Waals surface area contributed by atoms with E-state index in [4.69, 9.17) is 10.5 Å². The zero-order valence-electron chi connectivity index (χ0n) is 12.0. The number of rotatable bonds is 4. The average molecular weight is 300 g/mol. The number of nitrogens with one attached hydrogen (secondary N) is 2. The molecule has 3 N–H and O–H groups in total. The summed E-state index contributed by atoms with van der Waals surface area (Å²) in [6, 6.07) is 7.97. The summed E-state index contributed by atoms with van der Waals surface area (Å²) < 4.78 is 13.4. The van der Waals surface area contributed by atoms with Crippen LogP contribution in [0.5, 0.6) is 0 Å². The quantitative estimate of drug-likeness (QED) is 0.744. The summed E-state index contributed by atoms with van der Waals surface area (Å²) >= 11 is 0. The summed E-state index contributed by atoms with van der Waals surface area (Å²) in [5, 5.41) is 33.1. The van der Waals surface area contributed by atoms with Gasteiger partial charge in [0, 0.05) is 12.2 Å². The fourth-order valence-electron chi connectivity index (χ4n) is 2.44. The van der Waals surface area contributed by atoms with Gasteiger partial charge in [-0.2, -0.15) is 10.5 Å². The third kappa shape index (κ3) is 4.21. The van der Waals surface area contributed by atoms with E-state index in [1.807, 2.05) is 0 Å². The van der Waals surface area contributed by atoms with Crippen molar-refractivity contribution in [1.29, 1.82) is 10.5 Å². The predicted octanol–water partition coefficient (Wildman–Crippen LogP) is 2.88. The number of anilines is 2. The Morgan fingerprint density at radius 3 is 2.50 bits per heavy atom. The Hall–Kier alpha value is -2.57. The van der Waals surface area contributed by atoms with Crippen molar-refractivity contribution in [3.8, 4) is 12.1 Å². The number of aliphatic hydroxyl groups excluding tert-OH is 1. The first-order valence-corrected chi connectivity index (χ1v) is 7.13. The summed E-state index contributed by atoms with van der Waals surface area (Å²) in [6.45, 7) is 0. The van der Waals surface area contributed by atoms with Crippen LogP contribution in [0.4, 0.5) is 15.8 Å². The lowest BCUT2D eigenvalue weighted by atomic mass is 9.93. The molecular formula is C16H17FN4O. The van der Waals surface area contributed by atoms with Crippen molar-refractivity contribution in [3.05, 3.63) is 35.8 Å². The SMILES string of the molecule is N#CC(C#N)=CNc1cc(F)ccc1NC1CCC(O)CC1. The second-order valence-corrected chi connectivity index (χ2v) is 5.27. The summed E-state index contributed by atoms with van der Waals surface area (Å²) in [5.74, 6) is -0.406. The van der Waals surface area contributed by atoms with Gasteiger partial charge in [0.25, 0.3) is 0 Å². The van der Waals surface area contributed by atoms with E-state index in [1.165, 1.54) is 18.3 Å². The maximum atomic E-state index is 13.4. The van der Waals surface area contributed by atoms with Gasteiger partial charge >= 0.3 is 0 Å². The second-order valence-electron chi connectivity index (χ2n) is 5.27. The Labute approximate surface area is 128 Å². The van der Waals surface area contributed by atoms with Crippen molar-refractivity contribution in [2.24, 2.45) is 0 Å². The van der Waals surface area contributed by atoms with Crippen molar-refractivity contribution >= 4 is 11.4 Å². The van der Waals surface area contributed by atoms with Crippen LogP contribution in [0.15, 0.2) is 30.0 Å². The van der Waals surface area contributed by atoms with Crippen LogP contribution in [0.1, 0.15) is 25.7 Å². The Morgan fingerprint density at radius 2 is 1.86 bits per heavy atom.